The minimum Gasteiger partial charge on any atom is -0.384 e. The average molecular weight is 255 g/mol. The summed E-state index contributed by atoms with van der Waals surface area (Å²) >= 11 is 0. The Balaban J connectivity index is 2.08. The molecule has 0 aliphatic heterocycles. The average Bonchev–Trinajstić information content (AvgIpc) is 2.36. The Morgan fingerprint density at radius 2 is 2.00 bits per heavy atom. The molecule has 0 saturated heterocycles. The molecule has 0 unspecified atom stereocenters. The molecule has 1 heterocycles. The summed E-state index contributed by atoms with van der Waals surface area (Å²) in [5.41, 5.74) is 9.18. The van der Waals surface area contributed by atoms with Crippen LogP contribution in [0.5, 0.6) is 0 Å². The summed E-state index contributed by atoms with van der Waals surface area (Å²) in [7, 11) is 0. The van der Waals surface area contributed by atoms with Crippen molar-refractivity contribution in [2.24, 2.45) is 0 Å². The maximum absolute atomic E-state index is 12.0. The number of nitrogen functional groups attached to an aromatic ring is 1. The van der Waals surface area contributed by atoms with Gasteiger partial charge in [-0.15, -0.1) is 0 Å². The van der Waals surface area contributed by atoms with E-state index in [0.717, 1.165) is 16.8 Å². The number of aryl methyl sites for hydroxylation is 2. The summed E-state index contributed by atoms with van der Waals surface area (Å²) in [6.07, 6.45) is 0. The van der Waals surface area contributed by atoms with Crippen molar-refractivity contribution in [3.8, 4) is 0 Å². The molecule has 0 bridgehead atoms. The van der Waals surface area contributed by atoms with E-state index in [9.17, 15) is 4.79 Å². The van der Waals surface area contributed by atoms with Crippen molar-refractivity contribution in [1.82, 2.24) is 10.3 Å². The van der Waals surface area contributed by atoms with Gasteiger partial charge in [0, 0.05) is 17.8 Å². The van der Waals surface area contributed by atoms with Crippen LogP contribution in [0.1, 0.15) is 27.2 Å². The molecule has 0 saturated carbocycles. The number of hydrogen-bond donors (Lipinski definition) is 2. The van der Waals surface area contributed by atoms with Gasteiger partial charge in [-0.2, -0.15) is 0 Å². The third kappa shape index (κ3) is 3.31. The normalized spacial score (nSPS) is 10.2. The van der Waals surface area contributed by atoms with Crippen LogP contribution >= 0.6 is 0 Å². The van der Waals surface area contributed by atoms with Crippen molar-refractivity contribution in [1.29, 1.82) is 0 Å². The van der Waals surface area contributed by atoms with Gasteiger partial charge in [0.25, 0.3) is 5.91 Å². The second kappa shape index (κ2) is 5.52. The molecule has 0 spiro atoms. The minimum absolute atomic E-state index is 0.138. The summed E-state index contributed by atoms with van der Waals surface area (Å²) in [5.74, 6) is 0.224. The zero-order chi connectivity index (χ0) is 13.8. The zero-order valence-electron chi connectivity index (χ0n) is 11.1. The third-order valence-electron chi connectivity index (χ3n) is 2.94. The first-order chi connectivity index (χ1) is 9.06. The van der Waals surface area contributed by atoms with Crippen LogP contribution in [0.4, 0.5) is 5.82 Å². The Kier molecular flexibility index (Phi) is 3.80. The Morgan fingerprint density at radius 1 is 1.26 bits per heavy atom. The monoisotopic (exact) mass is 255 g/mol. The van der Waals surface area contributed by atoms with Crippen LogP contribution in [0.3, 0.4) is 0 Å². The molecule has 98 valence electrons. The fourth-order valence-corrected chi connectivity index (χ4v) is 1.91. The van der Waals surface area contributed by atoms with Gasteiger partial charge < -0.3 is 11.1 Å². The van der Waals surface area contributed by atoms with Crippen LogP contribution in [-0.4, -0.2) is 10.9 Å². The predicted molar refractivity (Wildman–Crippen MR) is 75.7 cm³/mol. The van der Waals surface area contributed by atoms with Crippen LogP contribution in [0.2, 0.25) is 0 Å². The van der Waals surface area contributed by atoms with Gasteiger partial charge in [-0.25, -0.2) is 4.98 Å². The molecule has 0 aliphatic rings. The van der Waals surface area contributed by atoms with Crippen molar-refractivity contribution in [3.05, 3.63) is 58.8 Å². The van der Waals surface area contributed by atoms with Crippen molar-refractivity contribution in [2.45, 2.75) is 20.4 Å². The van der Waals surface area contributed by atoms with Crippen LogP contribution in [0.15, 0.2) is 36.4 Å². The fraction of sp³-hybridized carbons (Fsp3) is 0.200. The van der Waals surface area contributed by atoms with Gasteiger partial charge in [0.1, 0.15) is 5.82 Å². The number of anilines is 1. The van der Waals surface area contributed by atoms with Crippen LogP contribution in [0.25, 0.3) is 0 Å². The van der Waals surface area contributed by atoms with Crippen LogP contribution in [0, 0.1) is 13.8 Å². The van der Waals surface area contributed by atoms with E-state index in [1.165, 1.54) is 0 Å². The van der Waals surface area contributed by atoms with Gasteiger partial charge in [0.05, 0.1) is 0 Å². The predicted octanol–water partition coefficient (Wildman–Crippen LogP) is 2.21. The highest BCUT2D eigenvalue weighted by Gasteiger charge is 2.07. The molecule has 0 fully saturated rings. The van der Waals surface area contributed by atoms with Gasteiger partial charge in [0.15, 0.2) is 0 Å². The molecule has 3 N–H and O–H groups in total. The summed E-state index contributed by atoms with van der Waals surface area (Å²) in [4.78, 5) is 16.1. The molecule has 0 radical (unpaired) electrons. The highest BCUT2D eigenvalue weighted by molar-refractivity contribution is 5.94. The topological polar surface area (TPSA) is 68.0 Å². The molecular formula is C15H17N3O. The van der Waals surface area contributed by atoms with Crippen molar-refractivity contribution in [3.63, 3.8) is 0 Å². The highest BCUT2D eigenvalue weighted by Crippen LogP contribution is 2.09. The second-order valence-electron chi connectivity index (χ2n) is 4.53. The lowest BCUT2D eigenvalue weighted by Crippen LogP contribution is -2.23. The van der Waals surface area contributed by atoms with E-state index in [-0.39, 0.29) is 5.91 Å². The first kappa shape index (κ1) is 13.1. The van der Waals surface area contributed by atoms with E-state index in [0.29, 0.717) is 17.9 Å². The number of pyridine rings is 1. The lowest BCUT2D eigenvalue weighted by Gasteiger charge is -2.08. The third-order valence-corrected chi connectivity index (χ3v) is 2.94. The number of nitrogens with two attached hydrogens (primary N) is 1. The first-order valence-electron chi connectivity index (χ1n) is 6.13. The minimum atomic E-state index is -0.138. The molecule has 1 aromatic carbocycles. The molecule has 19 heavy (non-hydrogen) atoms. The standard InChI is InChI=1S/C15H17N3O/c1-10-5-3-4-6-12(10)9-17-15(19)13-7-11(2)18-14(16)8-13/h3-8H,9H2,1-2H3,(H2,16,18)(H,17,19). The molecule has 4 nitrogen and oxygen atoms in total. The maximum Gasteiger partial charge on any atom is 0.251 e. The van der Waals surface area contributed by atoms with E-state index in [4.69, 9.17) is 5.73 Å². The fourth-order valence-electron chi connectivity index (χ4n) is 1.91. The number of nitrogens with zero attached hydrogens (tertiary/aromatic N) is 1. The van der Waals surface area contributed by atoms with Crippen LogP contribution in [-0.2, 0) is 6.54 Å². The first-order valence-corrected chi connectivity index (χ1v) is 6.13. The number of carbonyl (C=O) groups excluding carboxylic acids is 1. The lowest BCUT2D eigenvalue weighted by atomic mass is 10.1. The number of amides is 1. The van der Waals surface area contributed by atoms with Gasteiger partial charge in [-0.1, -0.05) is 24.3 Å². The number of nitrogens with one attached hydrogen (secondary N) is 1. The number of carbonyl (C=O) groups is 1. The molecule has 0 aliphatic carbocycles. The zero-order valence-corrected chi connectivity index (χ0v) is 11.1. The summed E-state index contributed by atoms with van der Waals surface area (Å²) in [6, 6.07) is 11.3. The van der Waals surface area contributed by atoms with E-state index >= 15 is 0 Å². The second-order valence-corrected chi connectivity index (χ2v) is 4.53. The highest BCUT2D eigenvalue weighted by atomic mass is 16.1. The molecule has 1 amide bonds. The van der Waals surface area contributed by atoms with Gasteiger partial charge in [0.2, 0.25) is 0 Å². The molecule has 1 aromatic heterocycles. The molecule has 0 atom stereocenters. The molecule has 2 aromatic rings. The molecular weight excluding hydrogens is 238 g/mol. The summed E-state index contributed by atoms with van der Waals surface area (Å²) < 4.78 is 0. The van der Waals surface area contributed by atoms with Crippen molar-refractivity contribution >= 4 is 11.7 Å². The summed E-state index contributed by atoms with van der Waals surface area (Å²) in [5, 5.41) is 2.89. The number of rotatable bonds is 3. The summed E-state index contributed by atoms with van der Waals surface area (Å²) in [6.45, 7) is 4.34. The van der Waals surface area contributed by atoms with Crippen LogP contribution < -0.4 is 11.1 Å². The maximum atomic E-state index is 12.0. The van der Waals surface area contributed by atoms with E-state index in [2.05, 4.69) is 10.3 Å². The molecule has 2 rings (SSSR count). The van der Waals surface area contributed by atoms with Gasteiger partial charge >= 0.3 is 0 Å². The largest absolute Gasteiger partial charge is 0.384 e. The van der Waals surface area contributed by atoms with E-state index in [1.54, 1.807) is 12.1 Å². The Bertz CT molecular complexity index is 588. The van der Waals surface area contributed by atoms with Crippen molar-refractivity contribution < 1.29 is 4.79 Å². The lowest BCUT2D eigenvalue weighted by molar-refractivity contribution is 0.0950. The van der Waals surface area contributed by atoms with Gasteiger partial charge in [-0.05, 0) is 37.1 Å². The number of benzene rings is 1. The number of aromatic nitrogens is 1. The number of hydrogen-bond acceptors (Lipinski definition) is 3. The van der Waals surface area contributed by atoms with E-state index < -0.39 is 0 Å². The quantitative estimate of drug-likeness (QED) is 0.883. The Hall–Kier alpha value is -2.36. The Morgan fingerprint density at radius 3 is 2.68 bits per heavy atom. The van der Waals surface area contributed by atoms with E-state index in [1.807, 2.05) is 38.1 Å². The SMILES string of the molecule is Cc1cc(C(=O)NCc2ccccc2C)cc(N)n1. The van der Waals surface area contributed by atoms with Gasteiger partial charge in [-0.3, -0.25) is 4.79 Å². The Labute approximate surface area is 112 Å². The van der Waals surface area contributed by atoms with Crippen molar-refractivity contribution in [2.75, 3.05) is 5.73 Å². The smallest absolute Gasteiger partial charge is 0.251 e. The molecule has 4 heteroatoms.